The van der Waals surface area contributed by atoms with Crippen LogP contribution in [0.15, 0.2) is 0 Å². The first-order valence-corrected chi connectivity index (χ1v) is 5.17. The molecule has 5 heavy (non-hydrogen) atoms. The zero-order valence-electron chi connectivity index (χ0n) is 2.18. The maximum atomic E-state index is 4.56. The molecule has 0 aromatic heterocycles. The van der Waals surface area contributed by atoms with Gasteiger partial charge in [-0.15, -0.1) is 0 Å². The first kappa shape index (κ1) is 6.45. The molecule has 0 fully saturated rings. The van der Waals surface area contributed by atoms with Crippen LogP contribution >= 0.6 is 22.4 Å². The van der Waals surface area contributed by atoms with Crippen molar-refractivity contribution >= 4 is 56.2 Å². The molecule has 28 valence electrons. The van der Waals surface area contributed by atoms with Crippen LogP contribution in [0.3, 0.4) is 0 Å². The van der Waals surface area contributed by atoms with Crippen molar-refractivity contribution in [3.8, 4) is 0 Å². The van der Waals surface area contributed by atoms with Crippen LogP contribution in [-0.2, 0) is 29.8 Å². The summed E-state index contributed by atoms with van der Waals surface area (Å²) >= 11 is 11.2. The van der Waals surface area contributed by atoms with Gasteiger partial charge in [0.05, 0.1) is 0 Å². The van der Waals surface area contributed by atoms with E-state index in [2.05, 4.69) is 44.8 Å². The van der Waals surface area contributed by atoms with E-state index < -0.39 is 0 Å². The predicted molar refractivity (Wildman–Crippen MR) is 41.9 cm³/mol. The van der Waals surface area contributed by atoms with Gasteiger partial charge < -0.3 is 0 Å². The van der Waals surface area contributed by atoms with E-state index in [9.17, 15) is 0 Å². The van der Waals surface area contributed by atoms with Crippen LogP contribution in [0.5, 0.6) is 0 Å². The number of hydrogen-bond donors (Lipinski definition) is 0. The van der Waals surface area contributed by atoms with Crippen LogP contribution in [0.1, 0.15) is 0 Å². The van der Waals surface area contributed by atoms with Crippen LogP contribution in [0.25, 0.3) is 0 Å². The van der Waals surface area contributed by atoms with E-state index in [1.54, 1.807) is 4.01 Å². The van der Waals surface area contributed by atoms with Crippen molar-refractivity contribution in [2.45, 2.75) is 0 Å². The fourth-order valence-electron chi connectivity index (χ4n) is 0. The van der Waals surface area contributed by atoms with Gasteiger partial charge in [0.2, 0.25) is 0 Å². The van der Waals surface area contributed by atoms with Gasteiger partial charge in [-0.3, -0.25) is 0 Å². The molecule has 0 saturated heterocycles. The van der Waals surface area contributed by atoms with E-state index in [0.717, 1.165) is 0 Å². The molecular formula is BIS3. The van der Waals surface area contributed by atoms with E-state index in [0.29, 0.717) is 0 Å². The monoisotopic (exact) mass is 234 g/mol. The molecule has 5 heteroatoms. The van der Waals surface area contributed by atoms with E-state index in [1.807, 2.05) is 0 Å². The SMILES string of the molecule is S=S(=S)=BI. The zero-order chi connectivity index (χ0) is 4.28. The van der Waals surface area contributed by atoms with E-state index in [1.165, 1.54) is 0 Å². The predicted octanol–water partition coefficient (Wildman–Crippen LogP) is 0.498. The third-order valence-electron chi connectivity index (χ3n) is 0.0727. The van der Waals surface area contributed by atoms with Gasteiger partial charge in [0, 0.05) is 0 Å². The van der Waals surface area contributed by atoms with Gasteiger partial charge in [0.1, 0.15) is 0 Å². The average molecular weight is 234 g/mol. The van der Waals surface area contributed by atoms with E-state index in [-0.39, 0.29) is 7.44 Å². The molecule has 0 atom stereocenters. The standard InChI is InChI=1S/BIS3/c2-1-5(3)4. The molecule has 0 aliphatic heterocycles. The topological polar surface area (TPSA) is 0 Å². The second-order valence-electron chi connectivity index (χ2n) is 0.350. The van der Waals surface area contributed by atoms with Crippen molar-refractivity contribution < 1.29 is 0 Å². The van der Waals surface area contributed by atoms with Crippen molar-refractivity contribution in [1.29, 1.82) is 0 Å². The summed E-state index contributed by atoms with van der Waals surface area (Å²) in [7, 11) is -0.294. The van der Waals surface area contributed by atoms with Crippen molar-refractivity contribution in [2.24, 2.45) is 0 Å². The molecule has 0 saturated carbocycles. The van der Waals surface area contributed by atoms with Crippen molar-refractivity contribution in [3.05, 3.63) is 0 Å². The van der Waals surface area contributed by atoms with Crippen LogP contribution in [0.2, 0.25) is 0 Å². The second-order valence-corrected chi connectivity index (χ2v) is 5.36. The molecule has 0 nitrogen and oxygen atoms in total. The Balaban J connectivity index is 4.25. The van der Waals surface area contributed by atoms with Crippen LogP contribution in [0.4, 0.5) is 0 Å². The minimum absolute atomic E-state index is 0.294. The summed E-state index contributed by atoms with van der Waals surface area (Å²) in [5.74, 6) is 0. The summed E-state index contributed by atoms with van der Waals surface area (Å²) in [5, 5.41) is 0. The van der Waals surface area contributed by atoms with Gasteiger partial charge in [0.25, 0.3) is 0 Å². The molecule has 0 unspecified atom stereocenters. The molecule has 0 heterocycles. The summed E-state index contributed by atoms with van der Waals surface area (Å²) in [6.07, 6.45) is 0. The fourth-order valence-corrected chi connectivity index (χ4v) is 0. The third kappa shape index (κ3) is 5.45. The van der Waals surface area contributed by atoms with Crippen LogP contribution in [0, 0.1) is 0 Å². The van der Waals surface area contributed by atoms with Gasteiger partial charge in [0.15, 0.2) is 0 Å². The van der Waals surface area contributed by atoms with Gasteiger partial charge in [-0.05, 0) is 0 Å². The second kappa shape index (κ2) is 3.64. The number of hydrogen-bond acceptors (Lipinski definition) is 2. The maximum absolute atomic E-state index is 4.56. The van der Waals surface area contributed by atoms with Gasteiger partial charge >= 0.3 is 56.2 Å². The summed E-state index contributed by atoms with van der Waals surface area (Å²) in [4.78, 5) is 0. The molecule has 0 aliphatic rings. The Bertz CT molecular complexity index is 110. The Morgan fingerprint density at radius 2 is 1.80 bits per heavy atom. The van der Waals surface area contributed by atoms with Gasteiger partial charge in [-0.2, -0.15) is 0 Å². The minimum atomic E-state index is -0.294. The van der Waals surface area contributed by atoms with Gasteiger partial charge in [-0.25, -0.2) is 0 Å². The Morgan fingerprint density at radius 3 is 1.80 bits per heavy atom. The third-order valence-corrected chi connectivity index (χ3v) is 4.39. The fraction of sp³-hybridized carbons (Fsp3) is 0. The van der Waals surface area contributed by atoms with Crippen molar-refractivity contribution in [3.63, 3.8) is 0 Å². The average Bonchev–Trinajstić information content (AvgIpc) is 1.38. The Morgan fingerprint density at radius 1 is 1.60 bits per heavy atom. The number of halogens is 1. The summed E-state index contributed by atoms with van der Waals surface area (Å²) < 4.78 is 1.79. The first-order valence-electron chi connectivity index (χ1n) is 0.787. The molecular weight excluding hydrogens is 234 g/mol. The van der Waals surface area contributed by atoms with E-state index in [4.69, 9.17) is 0 Å². The molecule has 0 radical (unpaired) electrons. The Labute approximate surface area is 55.7 Å². The van der Waals surface area contributed by atoms with Crippen molar-refractivity contribution in [1.82, 2.24) is 0 Å². The summed E-state index contributed by atoms with van der Waals surface area (Å²) in [6, 6.07) is 0. The molecule has 0 aromatic rings. The van der Waals surface area contributed by atoms with Crippen LogP contribution in [-0.4, -0.2) is 4.01 Å². The first-order chi connectivity index (χ1) is 2.27. The summed E-state index contributed by atoms with van der Waals surface area (Å²) in [5.41, 5.74) is 0. The quantitative estimate of drug-likeness (QED) is 0.442. The van der Waals surface area contributed by atoms with Gasteiger partial charge in [-0.1, -0.05) is 0 Å². The Hall–Kier alpha value is 1.45. The zero-order valence-corrected chi connectivity index (χ0v) is 6.79. The Kier molecular flexibility index (Phi) is 4.70. The molecule has 0 spiro atoms. The molecule has 0 aliphatic carbocycles. The van der Waals surface area contributed by atoms with Crippen molar-refractivity contribution in [2.75, 3.05) is 0 Å². The molecule has 0 aromatic carbocycles. The molecule has 0 amide bonds. The normalized spacial score (nSPS) is 5.80. The number of rotatable bonds is 0. The molecule has 0 rings (SSSR count). The molecule has 0 bridgehead atoms. The molecule has 0 N–H and O–H groups in total. The van der Waals surface area contributed by atoms with Crippen LogP contribution < -0.4 is 0 Å². The van der Waals surface area contributed by atoms with E-state index >= 15 is 0 Å². The summed E-state index contributed by atoms with van der Waals surface area (Å²) in [6.45, 7) is 0.